The average molecular weight is 539 g/mol. The highest BCUT2D eigenvalue weighted by Crippen LogP contribution is 2.36. The predicted octanol–water partition coefficient (Wildman–Crippen LogP) is 6.18. The molecule has 0 atom stereocenters. The van der Waals surface area contributed by atoms with Gasteiger partial charge in [-0.25, -0.2) is 0 Å². The molecule has 166 valence electrons. The summed E-state index contributed by atoms with van der Waals surface area (Å²) in [7, 11) is 0. The Hall–Kier alpha value is -2.94. The molecule has 5 nitrogen and oxygen atoms in total. The zero-order valence-corrected chi connectivity index (χ0v) is 20.8. The van der Waals surface area contributed by atoms with Crippen LogP contribution in [0.5, 0.6) is 5.75 Å². The molecule has 1 heterocycles. The number of thiocarbonyl (C=S) groups is 1. The second kappa shape index (κ2) is 10.3. The second-order valence-corrected chi connectivity index (χ2v) is 9.86. The number of carbonyl (C=O) groups is 2. The first-order valence-electron chi connectivity index (χ1n) is 10.0. The number of thioether (sulfide) groups is 1. The number of amides is 2. The monoisotopic (exact) mass is 538 g/mol. The molecule has 0 radical (unpaired) electrons. The van der Waals surface area contributed by atoms with Gasteiger partial charge in [-0.15, -0.1) is 0 Å². The summed E-state index contributed by atoms with van der Waals surface area (Å²) in [6.45, 7) is 1.84. The summed E-state index contributed by atoms with van der Waals surface area (Å²) in [5, 5.41) is 2.78. The van der Waals surface area contributed by atoms with Crippen LogP contribution in [-0.4, -0.2) is 22.7 Å². The van der Waals surface area contributed by atoms with E-state index in [4.69, 9.17) is 17.0 Å². The largest absolute Gasteiger partial charge is 0.484 e. The maximum absolute atomic E-state index is 13.0. The van der Waals surface area contributed by atoms with E-state index in [-0.39, 0.29) is 18.4 Å². The summed E-state index contributed by atoms with van der Waals surface area (Å²) in [6.07, 6.45) is 1.78. The van der Waals surface area contributed by atoms with E-state index in [0.29, 0.717) is 20.7 Å². The molecule has 3 aromatic carbocycles. The molecule has 1 saturated heterocycles. The molecule has 1 fully saturated rings. The molecule has 0 unspecified atom stereocenters. The van der Waals surface area contributed by atoms with E-state index in [1.165, 1.54) is 11.8 Å². The Morgan fingerprint density at radius 3 is 2.64 bits per heavy atom. The van der Waals surface area contributed by atoms with Crippen LogP contribution in [0.15, 0.2) is 82.2 Å². The highest BCUT2D eigenvalue weighted by atomic mass is 79.9. The summed E-state index contributed by atoms with van der Waals surface area (Å²) in [6, 6.07) is 22.2. The lowest BCUT2D eigenvalue weighted by Crippen LogP contribution is -2.27. The van der Waals surface area contributed by atoms with Crippen molar-refractivity contribution in [3.05, 3.63) is 93.3 Å². The Balaban J connectivity index is 1.42. The Bertz CT molecular complexity index is 1260. The van der Waals surface area contributed by atoms with Gasteiger partial charge in [-0.3, -0.25) is 14.5 Å². The molecule has 0 spiro atoms. The molecule has 8 heteroatoms. The van der Waals surface area contributed by atoms with E-state index in [9.17, 15) is 9.59 Å². The zero-order valence-electron chi connectivity index (χ0n) is 17.6. The van der Waals surface area contributed by atoms with Crippen LogP contribution in [0, 0.1) is 6.92 Å². The number of nitrogens with zero attached hydrogens (tertiary/aromatic N) is 1. The van der Waals surface area contributed by atoms with Crippen molar-refractivity contribution in [2.75, 3.05) is 16.8 Å². The van der Waals surface area contributed by atoms with Gasteiger partial charge in [-0.2, -0.15) is 0 Å². The van der Waals surface area contributed by atoms with Crippen LogP contribution < -0.4 is 15.0 Å². The number of halogens is 1. The van der Waals surface area contributed by atoms with Crippen molar-refractivity contribution in [2.24, 2.45) is 0 Å². The molecule has 0 bridgehead atoms. The topological polar surface area (TPSA) is 58.6 Å². The second-order valence-electron chi connectivity index (χ2n) is 7.27. The normalized spacial score (nSPS) is 14.6. The molecule has 3 aromatic rings. The van der Waals surface area contributed by atoms with E-state index in [1.54, 1.807) is 35.2 Å². The van der Waals surface area contributed by atoms with Crippen LogP contribution in [0.4, 0.5) is 11.4 Å². The van der Waals surface area contributed by atoms with E-state index >= 15 is 0 Å². The fraction of sp³-hybridized carbons (Fsp3) is 0.0800. The number of carbonyl (C=O) groups excluding carboxylic acids is 2. The van der Waals surface area contributed by atoms with Gasteiger partial charge in [-0.1, -0.05) is 64.2 Å². The van der Waals surface area contributed by atoms with Gasteiger partial charge in [-0.05, 0) is 72.7 Å². The number of nitrogens with one attached hydrogen (secondary N) is 1. The van der Waals surface area contributed by atoms with Crippen molar-refractivity contribution in [1.82, 2.24) is 0 Å². The minimum atomic E-state index is -0.262. The van der Waals surface area contributed by atoms with Crippen LogP contribution in [-0.2, 0) is 9.59 Å². The number of benzene rings is 3. The summed E-state index contributed by atoms with van der Waals surface area (Å²) in [4.78, 5) is 27.3. The van der Waals surface area contributed by atoms with Crippen LogP contribution in [0.2, 0.25) is 0 Å². The van der Waals surface area contributed by atoms with Gasteiger partial charge in [0.05, 0.1) is 10.6 Å². The summed E-state index contributed by atoms with van der Waals surface area (Å²) in [5.41, 5.74) is 3.29. The fourth-order valence-electron chi connectivity index (χ4n) is 3.18. The Labute approximate surface area is 210 Å². The smallest absolute Gasteiger partial charge is 0.270 e. The van der Waals surface area contributed by atoms with Gasteiger partial charge < -0.3 is 10.1 Å². The molecular weight excluding hydrogens is 520 g/mol. The lowest BCUT2D eigenvalue weighted by molar-refractivity contribution is -0.118. The number of hydrogen-bond donors (Lipinski definition) is 1. The molecule has 33 heavy (non-hydrogen) atoms. The van der Waals surface area contributed by atoms with Gasteiger partial charge in [0.1, 0.15) is 5.75 Å². The fourth-order valence-corrected chi connectivity index (χ4v) is 4.75. The number of anilines is 2. The SMILES string of the molecule is Cc1cccc(N2C(=O)/C(=C/c3cccc(OCC(=O)Nc4ccc(Br)cc4)c3)SC2=S)c1. The van der Waals surface area contributed by atoms with Gasteiger partial charge in [0.25, 0.3) is 11.8 Å². The number of ether oxygens (including phenoxy) is 1. The van der Waals surface area contributed by atoms with E-state index in [1.807, 2.05) is 55.5 Å². The van der Waals surface area contributed by atoms with Gasteiger partial charge in [0, 0.05) is 10.2 Å². The van der Waals surface area contributed by atoms with E-state index < -0.39 is 0 Å². The molecule has 0 saturated carbocycles. The quantitative estimate of drug-likeness (QED) is 0.300. The maximum atomic E-state index is 13.0. The maximum Gasteiger partial charge on any atom is 0.270 e. The molecule has 4 rings (SSSR count). The molecule has 1 aliphatic heterocycles. The third kappa shape index (κ3) is 5.90. The van der Waals surface area contributed by atoms with Crippen molar-refractivity contribution in [3.63, 3.8) is 0 Å². The van der Waals surface area contributed by atoms with Crippen molar-refractivity contribution in [2.45, 2.75) is 6.92 Å². The van der Waals surface area contributed by atoms with Crippen LogP contribution >= 0.6 is 39.9 Å². The Morgan fingerprint density at radius 2 is 1.88 bits per heavy atom. The third-order valence-corrected chi connectivity index (χ3v) is 6.54. The highest BCUT2D eigenvalue weighted by molar-refractivity contribution is 9.10. The van der Waals surface area contributed by atoms with Crippen molar-refractivity contribution < 1.29 is 14.3 Å². The average Bonchev–Trinajstić information content (AvgIpc) is 3.07. The van der Waals surface area contributed by atoms with Gasteiger partial charge in [0.2, 0.25) is 0 Å². The summed E-state index contributed by atoms with van der Waals surface area (Å²) < 4.78 is 7.07. The molecule has 0 aliphatic carbocycles. The zero-order chi connectivity index (χ0) is 23.4. The first kappa shape index (κ1) is 23.2. The Kier molecular flexibility index (Phi) is 7.27. The van der Waals surface area contributed by atoms with E-state index in [2.05, 4.69) is 21.2 Å². The third-order valence-electron chi connectivity index (χ3n) is 4.71. The molecule has 2 amide bonds. The van der Waals surface area contributed by atoms with Crippen molar-refractivity contribution in [1.29, 1.82) is 0 Å². The highest BCUT2D eigenvalue weighted by Gasteiger charge is 2.33. The molecular formula is C25H19BrN2O3S2. The van der Waals surface area contributed by atoms with Gasteiger partial charge in [0.15, 0.2) is 10.9 Å². The number of hydrogen-bond acceptors (Lipinski definition) is 5. The van der Waals surface area contributed by atoms with Crippen molar-refractivity contribution >= 4 is 73.5 Å². The van der Waals surface area contributed by atoms with Crippen LogP contribution in [0.1, 0.15) is 11.1 Å². The Morgan fingerprint density at radius 1 is 1.12 bits per heavy atom. The minimum absolute atomic E-state index is 0.130. The predicted molar refractivity (Wildman–Crippen MR) is 142 cm³/mol. The molecule has 1 aliphatic rings. The first-order chi connectivity index (χ1) is 15.9. The lowest BCUT2D eigenvalue weighted by atomic mass is 10.2. The van der Waals surface area contributed by atoms with Crippen LogP contribution in [0.25, 0.3) is 6.08 Å². The number of rotatable bonds is 6. The van der Waals surface area contributed by atoms with Crippen molar-refractivity contribution in [3.8, 4) is 5.75 Å². The molecule has 0 aromatic heterocycles. The van der Waals surface area contributed by atoms with Crippen LogP contribution in [0.3, 0.4) is 0 Å². The van der Waals surface area contributed by atoms with E-state index in [0.717, 1.165) is 21.3 Å². The molecule has 1 N–H and O–H groups in total. The lowest BCUT2D eigenvalue weighted by Gasteiger charge is -2.14. The standard InChI is InChI=1S/C25H19BrN2O3S2/c1-16-4-2-6-20(12-16)28-24(30)22(33-25(28)32)14-17-5-3-7-21(13-17)31-15-23(29)27-19-10-8-18(26)9-11-19/h2-14H,15H2,1H3,(H,27,29)/b22-14-. The van der Waals surface area contributed by atoms with Gasteiger partial charge >= 0.3 is 0 Å². The summed E-state index contributed by atoms with van der Waals surface area (Å²) in [5.74, 6) is 0.112. The minimum Gasteiger partial charge on any atom is -0.484 e. The first-order valence-corrected chi connectivity index (χ1v) is 12.0. The summed E-state index contributed by atoms with van der Waals surface area (Å²) >= 11 is 10.1. The number of aryl methyl sites for hydroxylation is 1.